The number of esters is 1. The Bertz CT molecular complexity index is 1020. The van der Waals surface area contributed by atoms with Crippen molar-refractivity contribution in [2.24, 2.45) is 5.73 Å². The smallest absolute Gasteiger partial charge is 0.343 e. The van der Waals surface area contributed by atoms with E-state index in [0.717, 1.165) is 5.56 Å². The predicted octanol–water partition coefficient (Wildman–Crippen LogP) is 2.57. The molecule has 1 atom stereocenters. The average molecular weight is 462 g/mol. The number of carbonyl (C=O) groups excluding carboxylic acids is 1. The Labute approximate surface area is 191 Å². The Hall–Kier alpha value is -3.56. The highest BCUT2D eigenvalue weighted by atomic mass is 35.5. The number of methoxy groups -OCH3 is 1. The van der Waals surface area contributed by atoms with Gasteiger partial charge in [0.05, 0.1) is 25.5 Å². The first-order chi connectivity index (χ1) is 15.0. The SMILES string of the molecule is COc1cc(C(=O)Oc2ccc(C[C@H](N)C(=O)O)cc2)ccc1OCCn1ccnc1.Cl. The Kier molecular flexibility index (Phi) is 9.06. The van der Waals surface area contributed by atoms with E-state index < -0.39 is 18.0 Å². The van der Waals surface area contributed by atoms with Crippen LogP contribution in [0.1, 0.15) is 15.9 Å². The van der Waals surface area contributed by atoms with Gasteiger partial charge in [-0.1, -0.05) is 12.1 Å². The summed E-state index contributed by atoms with van der Waals surface area (Å²) in [4.78, 5) is 27.3. The van der Waals surface area contributed by atoms with Crippen molar-refractivity contribution < 1.29 is 28.9 Å². The summed E-state index contributed by atoms with van der Waals surface area (Å²) in [5, 5.41) is 8.88. The van der Waals surface area contributed by atoms with E-state index >= 15 is 0 Å². The van der Waals surface area contributed by atoms with Crippen LogP contribution in [-0.4, -0.2) is 46.4 Å². The Morgan fingerprint density at radius 1 is 1.16 bits per heavy atom. The van der Waals surface area contributed by atoms with E-state index in [9.17, 15) is 9.59 Å². The van der Waals surface area contributed by atoms with Gasteiger partial charge in [0.1, 0.15) is 18.4 Å². The van der Waals surface area contributed by atoms with E-state index in [-0.39, 0.29) is 18.8 Å². The standard InChI is InChI=1S/C22H23N3O6.ClH/c1-29-20-13-16(4-7-19(20)30-11-10-25-9-8-24-14-25)22(28)31-17-5-2-15(3-6-17)12-18(23)21(26)27;/h2-9,13-14,18H,10-12,23H2,1H3,(H,26,27);1H/t18-;/m0./s1. The second-order valence-corrected chi connectivity index (χ2v) is 6.70. The molecule has 32 heavy (non-hydrogen) atoms. The summed E-state index contributed by atoms with van der Waals surface area (Å²) in [6.45, 7) is 1.04. The van der Waals surface area contributed by atoms with E-state index in [0.29, 0.717) is 36.0 Å². The molecule has 0 saturated carbocycles. The third-order valence-corrected chi connectivity index (χ3v) is 4.47. The predicted molar refractivity (Wildman–Crippen MR) is 119 cm³/mol. The van der Waals surface area contributed by atoms with E-state index in [1.165, 1.54) is 7.11 Å². The first-order valence-electron chi connectivity index (χ1n) is 9.52. The number of halogens is 1. The number of carbonyl (C=O) groups is 2. The van der Waals surface area contributed by atoms with E-state index in [4.69, 9.17) is 25.1 Å². The molecule has 0 aliphatic rings. The summed E-state index contributed by atoms with van der Waals surface area (Å²) in [7, 11) is 1.49. The summed E-state index contributed by atoms with van der Waals surface area (Å²) in [6.07, 6.45) is 5.42. The first kappa shape index (κ1) is 24.7. The summed E-state index contributed by atoms with van der Waals surface area (Å²) < 4.78 is 18.3. The van der Waals surface area contributed by atoms with Crippen LogP contribution in [0, 0.1) is 0 Å². The van der Waals surface area contributed by atoms with Gasteiger partial charge < -0.3 is 29.6 Å². The van der Waals surface area contributed by atoms with Gasteiger partial charge in [0.25, 0.3) is 0 Å². The lowest BCUT2D eigenvalue weighted by Crippen LogP contribution is -2.32. The van der Waals surface area contributed by atoms with Gasteiger partial charge in [-0.05, 0) is 42.3 Å². The van der Waals surface area contributed by atoms with Gasteiger partial charge in [0.2, 0.25) is 0 Å². The van der Waals surface area contributed by atoms with Crippen molar-refractivity contribution in [2.75, 3.05) is 13.7 Å². The van der Waals surface area contributed by atoms with Gasteiger partial charge in [-0.25, -0.2) is 9.78 Å². The lowest BCUT2D eigenvalue weighted by Gasteiger charge is -2.12. The molecule has 170 valence electrons. The Morgan fingerprint density at radius 3 is 2.53 bits per heavy atom. The van der Waals surface area contributed by atoms with Crippen molar-refractivity contribution in [1.82, 2.24) is 9.55 Å². The molecule has 3 aromatic rings. The molecule has 0 aliphatic carbocycles. The zero-order valence-electron chi connectivity index (χ0n) is 17.3. The maximum atomic E-state index is 12.5. The number of ether oxygens (including phenoxy) is 3. The molecule has 0 amide bonds. The largest absolute Gasteiger partial charge is 0.493 e. The van der Waals surface area contributed by atoms with Crippen LogP contribution in [0.4, 0.5) is 0 Å². The lowest BCUT2D eigenvalue weighted by atomic mass is 10.1. The molecule has 0 aliphatic heterocycles. The summed E-state index contributed by atoms with van der Waals surface area (Å²) in [6, 6.07) is 10.3. The molecule has 1 heterocycles. The van der Waals surface area contributed by atoms with Crippen LogP contribution in [0.15, 0.2) is 61.2 Å². The fourth-order valence-electron chi connectivity index (χ4n) is 2.79. The second kappa shape index (κ2) is 11.7. The van der Waals surface area contributed by atoms with Gasteiger partial charge in [-0.3, -0.25) is 4.79 Å². The van der Waals surface area contributed by atoms with Crippen molar-refractivity contribution in [3.05, 3.63) is 72.3 Å². The van der Waals surface area contributed by atoms with Crippen LogP contribution < -0.4 is 19.9 Å². The van der Waals surface area contributed by atoms with Crippen molar-refractivity contribution in [1.29, 1.82) is 0 Å². The number of aromatic nitrogens is 2. The third-order valence-electron chi connectivity index (χ3n) is 4.47. The quantitative estimate of drug-likeness (QED) is 0.348. The molecule has 0 radical (unpaired) electrons. The molecule has 3 rings (SSSR count). The van der Waals surface area contributed by atoms with Gasteiger partial charge >= 0.3 is 11.9 Å². The second-order valence-electron chi connectivity index (χ2n) is 6.70. The summed E-state index contributed by atoms with van der Waals surface area (Å²) >= 11 is 0. The number of benzene rings is 2. The van der Waals surface area contributed by atoms with Gasteiger partial charge in [0.15, 0.2) is 11.5 Å². The highest BCUT2D eigenvalue weighted by Crippen LogP contribution is 2.28. The molecule has 0 spiro atoms. The van der Waals surface area contributed by atoms with Crippen LogP contribution in [-0.2, 0) is 17.8 Å². The molecule has 0 fully saturated rings. The third kappa shape index (κ3) is 6.73. The number of carboxylic acid groups (broad SMARTS) is 1. The molecule has 3 N–H and O–H groups in total. The monoisotopic (exact) mass is 461 g/mol. The molecule has 0 unspecified atom stereocenters. The summed E-state index contributed by atoms with van der Waals surface area (Å²) in [5.41, 5.74) is 6.56. The molecule has 0 saturated heterocycles. The van der Waals surface area contributed by atoms with Gasteiger partial charge in [0, 0.05) is 12.4 Å². The molecule has 10 heteroatoms. The Morgan fingerprint density at radius 2 is 1.91 bits per heavy atom. The maximum Gasteiger partial charge on any atom is 0.343 e. The average Bonchev–Trinajstić information content (AvgIpc) is 3.28. The minimum atomic E-state index is -1.07. The highest BCUT2D eigenvalue weighted by molar-refractivity contribution is 5.91. The molecule has 0 bridgehead atoms. The zero-order valence-corrected chi connectivity index (χ0v) is 18.2. The number of hydrogen-bond donors (Lipinski definition) is 2. The number of nitrogens with two attached hydrogens (primary N) is 1. The van der Waals surface area contributed by atoms with E-state index in [1.807, 2.05) is 10.8 Å². The molecule has 9 nitrogen and oxygen atoms in total. The number of imidazole rings is 1. The fourth-order valence-corrected chi connectivity index (χ4v) is 2.79. The van der Waals surface area contributed by atoms with Crippen molar-refractivity contribution in [3.63, 3.8) is 0 Å². The van der Waals surface area contributed by atoms with Crippen molar-refractivity contribution in [2.45, 2.75) is 19.0 Å². The fraction of sp³-hybridized carbons (Fsp3) is 0.227. The number of nitrogens with zero attached hydrogens (tertiary/aromatic N) is 2. The summed E-state index contributed by atoms with van der Waals surface area (Å²) in [5.74, 6) is -0.370. The Balaban J connectivity index is 0.00000363. The first-order valence-corrected chi connectivity index (χ1v) is 9.52. The molecule has 2 aromatic carbocycles. The topological polar surface area (TPSA) is 126 Å². The number of aliphatic carboxylic acids is 1. The van der Waals surface area contributed by atoms with Gasteiger partial charge in [-0.2, -0.15) is 0 Å². The number of carboxylic acids is 1. The molecule has 1 aromatic heterocycles. The van der Waals surface area contributed by atoms with Crippen molar-refractivity contribution >= 4 is 24.3 Å². The minimum Gasteiger partial charge on any atom is -0.493 e. The minimum absolute atomic E-state index is 0. The van der Waals surface area contributed by atoms with E-state index in [2.05, 4.69) is 4.98 Å². The van der Waals surface area contributed by atoms with Crippen LogP contribution in [0.25, 0.3) is 0 Å². The number of hydrogen-bond acceptors (Lipinski definition) is 7. The molecular weight excluding hydrogens is 438 g/mol. The van der Waals surface area contributed by atoms with Gasteiger partial charge in [-0.15, -0.1) is 12.4 Å². The highest BCUT2D eigenvalue weighted by Gasteiger charge is 2.15. The van der Waals surface area contributed by atoms with E-state index in [1.54, 1.807) is 55.0 Å². The normalized spacial score (nSPS) is 11.2. The van der Waals surface area contributed by atoms with Crippen LogP contribution >= 0.6 is 12.4 Å². The lowest BCUT2D eigenvalue weighted by molar-refractivity contribution is -0.138. The van der Waals surface area contributed by atoms with Crippen LogP contribution in [0.3, 0.4) is 0 Å². The molecular formula is C22H24ClN3O6. The van der Waals surface area contributed by atoms with Crippen molar-refractivity contribution in [3.8, 4) is 17.2 Å². The van der Waals surface area contributed by atoms with Crippen LogP contribution in [0.2, 0.25) is 0 Å². The number of rotatable bonds is 10. The maximum absolute atomic E-state index is 12.5. The van der Waals surface area contributed by atoms with Crippen LogP contribution in [0.5, 0.6) is 17.2 Å². The zero-order chi connectivity index (χ0) is 22.2.